The molecule has 0 aliphatic carbocycles. The lowest BCUT2D eigenvalue weighted by molar-refractivity contribution is -0.0191. The molecule has 2 unspecified atom stereocenters. The fourth-order valence-electron chi connectivity index (χ4n) is 3.56. The molecule has 2 nitrogen and oxygen atoms in total. The van der Waals surface area contributed by atoms with E-state index >= 15 is 0 Å². The maximum absolute atomic E-state index is 10.9. The summed E-state index contributed by atoms with van der Waals surface area (Å²) in [4.78, 5) is 2.39. The van der Waals surface area contributed by atoms with Gasteiger partial charge in [0.15, 0.2) is 0 Å². The Balaban J connectivity index is 3.06. The summed E-state index contributed by atoms with van der Waals surface area (Å²) in [6, 6.07) is 4.44. The Morgan fingerprint density at radius 3 is 1.90 bits per heavy atom. The molecule has 1 N–H and O–H groups in total. The highest BCUT2D eigenvalue weighted by molar-refractivity contribution is 5.38. The molecule has 0 fully saturated rings. The second-order valence-electron chi connectivity index (χ2n) is 6.48. The number of rotatable bonds is 7. The summed E-state index contributed by atoms with van der Waals surface area (Å²) >= 11 is 0. The molecular weight excluding hydrogens is 258 g/mol. The summed E-state index contributed by atoms with van der Waals surface area (Å²) in [7, 11) is 0. The van der Waals surface area contributed by atoms with Crippen LogP contribution in [-0.4, -0.2) is 34.7 Å². The zero-order valence-corrected chi connectivity index (χ0v) is 15.0. The second kappa shape index (κ2) is 7.42. The SMILES string of the molecule is CCN(CC)C(C)(CC)C(O)Cc1c(C)cc(C)cc1C. The third-order valence-electron chi connectivity index (χ3n) is 5.16. The molecule has 21 heavy (non-hydrogen) atoms. The van der Waals surface area contributed by atoms with Gasteiger partial charge in [-0.25, -0.2) is 0 Å². The monoisotopic (exact) mass is 291 g/mol. The van der Waals surface area contributed by atoms with Gasteiger partial charge < -0.3 is 5.11 Å². The molecule has 0 aromatic heterocycles. The van der Waals surface area contributed by atoms with E-state index in [1.807, 2.05) is 0 Å². The van der Waals surface area contributed by atoms with Crippen molar-refractivity contribution < 1.29 is 5.11 Å². The first kappa shape index (κ1) is 18.2. The first-order valence-electron chi connectivity index (χ1n) is 8.29. The summed E-state index contributed by atoms with van der Waals surface area (Å²) in [6.45, 7) is 17.1. The molecule has 2 atom stereocenters. The molecule has 2 heteroatoms. The number of aliphatic hydroxyl groups is 1. The van der Waals surface area contributed by atoms with Gasteiger partial charge in [0, 0.05) is 12.0 Å². The van der Waals surface area contributed by atoms with Crippen LogP contribution in [0.2, 0.25) is 0 Å². The van der Waals surface area contributed by atoms with Gasteiger partial charge in [0.2, 0.25) is 0 Å². The van der Waals surface area contributed by atoms with Crippen LogP contribution in [0.5, 0.6) is 0 Å². The molecule has 0 radical (unpaired) electrons. The number of aryl methyl sites for hydroxylation is 3. The van der Waals surface area contributed by atoms with Crippen LogP contribution in [0.25, 0.3) is 0 Å². The number of hydrogen-bond donors (Lipinski definition) is 1. The van der Waals surface area contributed by atoms with Gasteiger partial charge in [0.1, 0.15) is 0 Å². The lowest BCUT2D eigenvalue weighted by Crippen LogP contribution is -2.55. The predicted molar refractivity (Wildman–Crippen MR) is 92.0 cm³/mol. The van der Waals surface area contributed by atoms with Gasteiger partial charge >= 0.3 is 0 Å². The van der Waals surface area contributed by atoms with E-state index in [9.17, 15) is 5.11 Å². The van der Waals surface area contributed by atoms with Crippen molar-refractivity contribution in [1.29, 1.82) is 0 Å². The van der Waals surface area contributed by atoms with Crippen molar-refractivity contribution in [3.63, 3.8) is 0 Å². The topological polar surface area (TPSA) is 23.5 Å². The van der Waals surface area contributed by atoms with Crippen molar-refractivity contribution in [2.24, 2.45) is 0 Å². The molecule has 1 rings (SSSR count). The normalized spacial score (nSPS) is 16.0. The van der Waals surface area contributed by atoms with Gasteiger partial charge in [0.25, 0.3) is 0 Å². The van der Waals surface area contributed by atoms with Crippen molar-refractivity contribution in [3.05, 3.63) is 34.4 Å². The average Bonchev–Trinajstić information content (AvgIpc) is 2.43. The first-order valence-corrected chi connectivity index (χ1v) is 8.29. The lowest BCUT2D eigenvalue weighted by Gasteiger charge is -2.43. The molecule has 0 saturated heterocycles. The molecule has 0 amide bonds. The van der Waals surface area contributed by atoms with Crippen LogP contribution in [0.1, 0.15) is 56.4 Å². The maximum atomic E-state index is 10.9. The number of benzene rings is 1. The second-order valence-corrected chi connectivity index (χ2v) is 6.48. The number of nitrogens with zero attached hydrogens (tertiary/aromatic N) is 1. The highest BCUT2D eigenvalue weighted by Crippen LogP contribution is 2.28. The minimum Gasteiger partial charge on any atom is -0.391 e. The Bertz CT molecular complexity index is 442. The molecule has 0 heterocycles. The van der Waals surface area contributed by atoms with E-state index in [1.54, 1.807) is 0 Å². The third kappa shape index (κ3) is 3.87. The van der Waals surface area contributed by atoms with E-state index in [2.05, 4.69) is 65.5 Å². The summed E-state index contributed by atoms with van der Waals surface area (Å²) in [5, 5.41) is 10.9. The summed E-state index contributed by atoms with van der Waals surface area (Å²) in [5.74, 6) is 0. The fourth-order valence-corrected chi connectivity index (χ4v) is 3.56. The maximum Gasteiger partial charge on any atom is 0.0761 e. The molecule has 0 aliphatic heterocycles. The fraction of sp³-hybridized carbons (Fsp3) is 0.684. The van der Waals surface area contributed by atoms with E-state index < -0.39 is 0 Å². The zero-order chi connectivity index (χ0) is 16.2. The lowest BCUT2D eigenvalue weighted by atomic mass is 9.83. The van der Waals surface area contributed by atoms with E-state index in [4.69, 9.17) is 0 Å². The molecule has 120 valence electrons. The summed E-state index contributed by atoms with van der Waals surface area (Å²) < 4.78 is 0. The largest absolute Gasteiger partial charge is 0.391 e. The van der Waals surface area contributed by atoms with Crippen LogP contribution in [-0.2, 0) is 6.42 Å². The van der Waals surface area contributed by atoms with Crippen LogP contribution in [0.3, 0.4) is 0 Å². The quantitative estimate of drug-likeness (QED) is 0.820. The van der Waals surface area contributed by atoms with Crippen molar-refractivity contribution >= 4 is 0 Å². The van der Waals surface area contributed by atoms with E-state index in [0.717, 1.165) is 25.9 Å². The highest BCUT2D eigenvalue weighted by Gasteiger charge is 2.36. The van der Waals surface area contributed by atoms with Crippen molar-refractivity contribution in [2.75, 3.05) is 13.1 Å². The Labute approximate surface area is 131 Å². The van der Waals surface area contributed by atoms with E-state index in [0.29, 0.717) is 0 Å². The van der Waals surface area contributed by atoms with Crippen molar-refractivity contribution in [2.45, 2.75) is 73.0 Å². The van der Waals surface area contributed by atoms with Crippen LogP contribution in [0, 0.1) is 20.8 Å². The predicted octanol–water partition coefficient (Wildman–Crippen LogP) is 4.03. The number of likely N-dealkylation sites (N-methyl/N-ethyl adjacent to an activating group) is 1. The number of aliphatic hydroxyl groups excluding tert-OH is 1. The number of hydrogen-bond acceptors (Lipinski definition) is 2. The van der Waals surface area contributed by atoms with Crippen LogP contribution >= 0.6 is 0 Å². The molecular formula is C19H33NO. The Kier molecular flexibility index (Phi) is 6.42. The molecule has 0 aliphatic rings. The average molecular weight is 291 g/mol. The van der Waals surface area contributed by atoms with Gasteiger partial charge in [-0.15, -0.1) is 0 Å². The molecule has 0 bridgehead atoms. The van der Waals surface area contributed by atoms with Crippen molar-refractivity contribution in [1.82, 2.24) is 4.90 Å². The van der Waals surface area contributed by atoms with Crippen LogP contribution in [0.15, 0.2) is 12.1 Å². The van der Waals surface area contributed by atoms with Crippen LogP contribution < -0.4 is 0 Å². The molecule has 0 spiro atoms. The molecule has 0 saturated carbocycles. The molecule has 1 aromatic rings. The van der Waals surface area contributed by atoms with E-state index in [1.165, 1.54) is 22.3 Å². The van der Waals surface area contributed by atoms with Gasteiger partial charge in [0.05, 0.1) is 6.10 Å². The smallest absolute Gasteiger partial charge is 0.0761 e. The third-order valence-corrected chi connectivity index (χ3v) is 5.16. The van der Waals surface area contributed by atoms with Gasteiger partial charge in [-0.2, -0.15) is 0 Å². The van der Waals surface area contributed by atoms with Gasteiger partial charge in [-0.3, -0.25) is 4.90 Å². The molecule has 1 aromatic carbocycles. The Hall–Kier alpha value is -0.860. The standard InChI is InChI=1S/C19H33NO/c1-8-19(7,20(9-2)10-3)18(21)13-17-15(5)11-14(4)12-16(17)6/h11-12,18,21H,8-10,13H2,1-7H3. The highest BCUT2D eigenvalue weighted by atomic mass is 16.3. The van der Waals surface area contributed by atoms with Gasteiger partial charge in [-0.05, 0) is 63.9 Å². The Morgan fingerprint density at radius 1 is 1.05 bits per heavy atom. The van der Waals surface area contributed by atoms with Crippen molar-refractivity contribution in [3.8, 4) is 0 Å². The Morgan fingerprint density at radius 2 is 1.52 bits per heavy atom. The zero-order valence-electron chi connectivity index (χ0n) is 15.0. The van der Waals surface area contributed by atoms with Gasteiger partial charge in [-0.1, -0.05) is 38.5 Å². The minimum absolute atomic E-state index is 0.159. The first-order chi connectivity index (χ1) is 9.79. The van der Waals surface area contributed by atoms with E-state index in [-0.39, 0.29) is 11.6 Å². The summed E-state index contributed by atoms with van der Waals surface area (Å²) in [5.41, 5.74) is 5.03. The van der Waals surface area contributed by atoms with Crippen LogP contribution in [0.4, 0.5) is 0 Å². The minimum atomic E-state index is -0.345. The summed E-state index contributed by atoms with van der Waals surface area (Å²) in [6.07, 6.45) is 1.35.